The first-order valence-electron chi connectivity index (χ1n) is 10.7. The van der Waals surface area contributed by atoms with Crippen molar-refractivity contribution in [3.8, 4) is 11.4 Å². The first-order chi connectivity index (χ1) is 14.7. The van der Waals surface area contributed by atoms with E-state index in [9.17, 15) is 4.79 Å². The molecule has 1 aromatic heterocycles. The Morgan fingerprint density at radius 3 is 2.23 bits per heavy atom. The van der Waals surface area contributed by atoms with Crippen LogP contribution in [0.3, 0.4) is 0 Å². The van der Waals surface area contributed by atoms with Crippen LogP contribution in [0.15, 0.2) is 72.8 Å². The van der Waals surface area contributed by atoms with E-state index in [1.807, 2.05) is 66.9 Å². The summed E-state index contributed by atoms with van der Waals surface area (Å²) in [6, 6.07) is 23.9. The number of rotatable bonds is 4. The minimum Gasteiger partial charge on any atom is -0.324 e. The van der Waals surface area contributed by atoms with E-state index in [4.69, 9.17) is 4.98 Å². The maximum absolute atomic E-state index is 13.1. The van der Waals surface area contributed by atoms with Crippen LogP contribution in [0, 0.1) is 6.92 Å². The number of fused-ring (bicyclic) bond motifs is 1. The summed E-state index contributed by atoms with van der Waals surface area (Å²) in [6.45, 7) is 10.6. The maximum Gasteiger partial charge on any atom is 0.247 e. The van der Waals surface area contributed by atoms with Gasteiger partial charge in [-0.05, 0) is 49.1 Å². The van der Waals surface area contributed by atoms with Gasteiger partial charge in [0, 0.05) is 11.3 Å². The Kier molecular flexibility index (Phi) is 5.40. The molecule has 0 aliphatic heterocycles. The highest BCUT2D eigenvalue weighted by Gasteiger charge is 2.23. The largest absolute Gasteiger partial charge is 0.324 e. The van der Waals surface area contributed by atoms with Crippen LogP contribution >= 0.6 is 0 Å². The molecule has 31 heavy (non-hydrogen) atoms. The number of imidazole rings is 1. The van der Waals surface area contributed by atoms with Gasteiger partial charge >= 0.3 is 0 Å². The second-order valence-corrected chi connectivity index (χ2v) is 9.15. The molecule has 0 aliphatic carbocycles. The SMILES string of the molecule is Cc1ccc(NC(=O)C(C)n2c(-c3ccc(C(C)(C)C)cc3)nc3ccccc32)cc1. The molecule has 0 spiro atoms. The molecule has 1 atom stereocenters. The van der Waals surface area contributed by atoms with Crippen molar-refractivity contribution < 1.29 is 4.79 Å². The predicted molar refractivity (Wildman–Crippen MR) is 128 cm³/mol. The van der Waals surface area contributed by atoms with Gasteiger partial charge in [-0.2, -0.15) is 0 Å². The quantitative estimate of drug-likeness (QED) is 0.416. The van der Waals surface area contributed by atoms with Gasteiger partial charge in [-0.1, -0.05) is 74.9 Å². The number of anilines is 1. The number of carbonyl (C=O) groups is 1. The molecule has 158 valence electrons. The lowest BCUT2D eigenvalue weighted by molar-refractivity contribution is -0.118. The van der Waals surface area contributed by atoms with Gasteiger partial charge < -0.3 is 9.88 Å². The number of nitrogens with one attached hydrogen (secondary N) is 1. The summed E-state index contributed by atoms with van der Waals surface area (Å²) >= 11 is 0. The van der Waals surface area contributed by atoms with E-state index in [2.05, 4.69) is 50.4 Å². The summed E-state index contributed by atoms with van der Waals surface area (Å²) in [5, 5.41) is 3.04. The molecule has 0 bridgehead atoms. The number of amides is 1. The van der Waals surface area contributed by atoms with Gasteiger partial charge in [0.15, 0.2) is 0 Å². The van der Waals surface area contributed by atoms with Crippen molar-refractivity contribution in [3.63, 3.8) is 0 Å². The standard InChI is InChI=1S/C27H29N3O/c1-18-10-16-22(17-11-18)28-26(31)19(2)30-24-9-7-6-8-23(24)29-25(30)20-12-14-21(15-13-20)27(3,4)5/h6-17,19H,1-5H3,(H,28,31). The van der Waals surface area contributed by atoms with E-state index >= 15 is 0 Å². The van der Waals surface area contributed by atoms with E-state index < -0.39 is 6.04 Å². The first-order valence-corrected chi connectivity index (χ1v) is 10.7. The van der Waals surface area contributed by atoms with Gasteiger partial charge in [0.2, 0.25) is 5.91 Å². The predicted octanol–water partition coefficient (Wildman–Crippen LogP) is 6.51. The van der Waals surface area contributed by atoms with Crippen molar-refractivity contribution in [3.05, 3.63) is 83.9 Å². The monoisotopic (exact) mass is 411 g/mol. The average Bonchev–Trinajstić information content (AvgIpc) is 3.14. The number of benzene rings is 3. The molecule has 1 unspecified atom stereocenters. The summed E-state index contributed by atoms with van der Waals surface area (Å²) in [6.07, 6.45) is 0. The second-order valence-electron chi connectivity index (χ2n) is 9.15. The molecule has 1 heterocycles. The molecule has 4 nitrogen and oxygen atoms in total. The van der Waals surface area contributed by atoms with Crippen LogP contribution in [-0.2, 0) is 10.2 Å². The van der Waals surface area contributed by atoms with Crippen LogP contribution in [0.1, 0.15) is 44.9 Å². The van der Waals surface area contributed by atoms with Crippen molar-refractivity contribution in [1.29, 1.82) is 0 Å². The number of hydrogen-bond acceptors (Lipinski definition) is 2. The Hall–Kier alpha value is -3.40. The van der Waals surface area contributed by atoms with Crippen LogP contribution in [0.4, 0.5) is 5.69 Å². The molecular formula is C27H29N3O. The van der Waals surface area contributed by atoms with E-state index in [1.54, 1.807) is 0 Å². The Morgan fingerprint density at radius 2 is 1.58 bits per heavy atom. The van der Waals surface area contributed by atoms with Gasteiger partial charge in [-0.3, -0.25) is 4.79 Å². The summed E-state index contributed by atoms with van der Waals surface area (Å²) in [5.74, 6) is 0.729. The summed E-state index contributed by atoms with van der Waals surface area (Å²) in [5.41, 5.74) is 6.13. The number of hydrogen-bond donors (Lipinski definition) is 1. The zero-order valence-electron chi connectivity index (χ0n) is 18.8. The molecular weight excluding hydrogens is 382 g/mol. The Bertz CT molecular complexity index is 1210. The highest BCUT2D eigenvalue weighted by molar-refractivity contribution is 5.95. The van der Waals surface area contributed by atoms with Crippen molar-refractivity contribution in [2.45, 2.75) is 46.1 Å². The van der Waals surface area contributed by atoms with Gasteiger partial charge in [0.25, 0.3) is 0 Å². The fourth-order valence-corrected chi connectivity index (χ4v) is 3.76. The molecule has 0 saturated carbocycles. The number of aryl methyl sites for hydroxylation is 1. The van der Waals surface area contributed by atoms with E-state index in [0.717, 1.165) is 33.7 Å². The van der Waals surface area contributed by atoms with Crippen LogP contribution in [-0.4, -0.2) is 15.5 Å². The van der Waals surface area contributed by atoms with Gasteiger partial charge in [0.1, 0.15) is 11.9 Å². The molecule has 1 amide bonds. The molecule has 4 aromatic rings. The lowest BCUT2D eigenvalue weighted by Gasteiger charge is -2.20. The van der Waals surface area contributed by atoms with Crippen molar-refractivity contribution in [2.75, 3.05) is 5.32 Å². The van der Waals surface area contributed by atoms with E-state index in [-0.39, 0.29) is 11.3 Å². The fourth-order valence-electron chi connectivity index (χ4n) is 3.76. The maximum atomic E-state index is 13.1. The van der Waals surface area contributed by atoms with Gasteiger partial charge in [0.05, 0.1) is 11.0 Å². The third kappa shape index (κ3) is 4.24. The molecule has 0 saturated heterocycles. The molecule has 0 radical (unpaired) electrons. The molecule has 0 fully saturated rings. The average molecular weight is 412 g/mol. The first kappa shape index (κ1) is 20.9. The molecule has 0 aliphatic rings. The van der Waals surface area contributed by atoms with Crippen LogP contribution in [0.5, 0.6) is 0 Å². The number of para-hydroxylation sites is 2. The van der Waals surface area contributed by atoms with E-state index in [0.29, 0.717) is 0 Å². The second kappa shape index (κ2) is 8.03. The lowest BCUT2D eigenvalue weighted by atomic mass is 9.86. The smallest absolute Gasteiger partial charge is 0.247 e. The minimum absolute atomic E-state index is 0.0698. The van der Waals surface area contributed by atoms with Crippen molar-refractivity contribution in [1.82, 2.24) is 9.55 Å². The third-order valence-corrected chi connectivity index (χ3v) is 5.69. The normalized spacial score (nSPS) is 12.7. The van der Waals surface area contributed by atoms with Crippen LogP contribution in [0.25, 0.3) is 22.4 Å². The van der Waals surface area contributed by atoms with E-state index in [1.165, 1.54) is 5.56 Å². The van der Waals surface area contributed by atoms with Gasteiger partial charge in [-0.25, -0.2) is 4.98 Å². The van der Waals surface area contributed by atoms with Crippen molar-refractivity contribution >= 4 is 22.6 Å². The minimum atomic E-state index is -0.425. The number of aromatic nitrogens is 2. The van der Waals surface area contributed by atoms with Crippen LogP contribution < -0.4 is 5.32 Å². The highest BCUT2D eigenvalue weighted by Crippen LogP contribution is 2.31. The summed E-state index contributed by atoms with van der Waals surface area (Å²) in [7, 11) is 0. The summed E-state index contributed by atoms with van der Waals surface area (Å²) in [4.78, 5) is 18.0. The zero-order chi connectivity index (χ0) is 22.2. The molecule has 3 aromatic carbocycles. The van der Waals surface area contributed by atoms with Gasteiger partial charge in [-0.15, -0.1) is 0 Å². The Morgan fingerprint density at radius 1 is 0.935 bits per heavy atom. The molecule has 4 heteroatoms. The molecule has 1 N–H and O–H groups in total. The third-order valence-electron chi connectivity index (χ3n) is 5.69. The zero-order valence-corrected chi connectivity index (χ0v) is 18.8. The topological polar surface area (TPSA) is 46.9 Å². The molecule has 4 rings (SSSR count). The summed E-state index contributed by atoms with van der Waals surface area (Å²) < 4.78 is 2.03. The lowest BCUT2D eigenvalue weighted by Crippen LogP contribution is -2.24. The van der Waals surface area contributed by atoms with Crippen LogP contribution in [0.2, 0.25) is 0 Å². The highest BCUT2D eigenvalue weighted by atomic mass is 16.2. The Labute approximate surface area is 183 Å². The number of carbonyl (C=O) groups excluding carboxylic acids is 1. The fraction of sp³-hybridized carbons (Fsp3) is 0.259. The number of nitrogens with zero attached hydrogens (tertiary/aromatic N) is 2. The Balaban J connectivity index is 1.74. The van der Waals surface area contributed by atoms with Crippen molar-refractivity contribution in [2.24, 2.45) is 0 Å².